The largest absolute Gasteiger partial charge is 0.375 e. The van der Waals surface area contributed by atoms with E-state index in [2.05, 4.69) is 0 Å². The predicted molar refractivity (Wildman–Crippen MR) is 82.8 cm³/mol. The van der Waals surface area contributed by atoms with Crippen molar-refractivity contribution in [1.29, 1.82) is 0 Å². The van der Waals surface area contributed by atoms with Crippen LogP contribution in [-0.4, -0.2) is 11.0 Å². The molecular weight excluding hydrogens is 262 g/mol. The van der Waals surface area contributed by atoms with E-state index in [0.29, 0.717) is 12.1 Å². The Kier molecular flexibility index (Phi) is 3.30. The van der Waals surface area contributed by atoms with E-state index < -0.39 is 5.60 Å². The van der Waals surface area contributed by atoms with E-state index in [1.807, 2.05) is 68.4 Å². The zero-order valence-electron chi connectivity index (χ0n) is 12.3. The molecule has 1 aliphatic rings. The van der Waals surface area contributed by atoms with Gasteiger partial charge in [-0.15, -0.1) is 0 Å². The fraction of sp³-hybridized carbons (Fsp3) is 0.278. The van der Waals surface area contributed by atoms with Gasteiger partial charge in [-0.25, -0.2) is 0 Å². The van der Waals surface area contributed by atoms with Crippen LogP contribution in [0.1, 0.15) is 25.0 Å². The Hall–Kier alpha value is -2.13. The Balaban J connectivity index is 2.05. The van der Waals surface area contributed by atoms with E-state index in [4.69, 9.17) is 0 Å². The number of aliphatic hydroxyl groups is 1. The van der Waals surface area contributed by atoms with E-state index in [9.17, 15) is 9.90 Å². The van der Waals surface area contributed by atoms with Crippen molar-refractivity contribution in [2.45, 2.75) is 26.0 Å². The van der Waals surface area contributed by atoms with Crippen molar-refractivity contribution in [2.75, 3.05) is 4.90 Å². The number of benzene rings is 2. The highest BCUT2D eigenvalue weighted by Crippen LogP contribution is 2.44. The minimum Gasteiger partial charge on any atom is -0.375 e. The average Bonchev–Trinajstić information content (AvgIpc) is 2.72. The SMILES string of the molecule is CC(C)[C@@]1(O)C(=O)N(Cc2ccccc2)c2ccccc21. The molecule has 1 aliphatic heterocycles. The lowest BCUT2D eigenvalue weighted by atomic mass is 9.84. The van der Waals surface area contributed by atoms with Crippen molar-refractivity contribution < 1.29 is 9.90 Å². The molecular formula is C18H19NO2. The number of carbonyl (C=O) groups is 1. The van der Waals surface area contributed by atoms with E-state index in [0.717, 1.165) is 11.3 Å². The second kappa shape index (κ2) is 5.01. The van der Waals surface area contributed by atoms with Crippen molar-refractivity contribution >= 4 is 11.6 Å². The molecule has 0 bridgehead atoms. The fourth-order valence-electron chi connectivity index (χ4n) is 2.94. The highest BCUT2D eigenvalue weighted by Gasteiger charge is 2.51. The minimum absolute atomic E-state index is 0.174. The monoisotopic (exact) mass is 281 g/mol. The second-order valence-corrected chi connectivity index (χ2v) is 5.82. The van der Waals surface area contributed by atoms with Crippen molar-refractivity contribution in [3.63, 3.8) is 0 Å². The third kappa shape index (κ3) is 2.05. The number of hydrogen-bond donors (Lipinski definition) is 1. The lowest BCUT2D eigenvalue weighted by molar-refractivity contribution is -0.140. The Morgan fingerprint density at radius 2 is 1.67 bits per heavy atom. The zero-order chi connectivity index (χ0) is 15.0. The van der Waals surface area contributed by atoms with Gasteiger partial charge in [-0.3, -0.25) is 4.79 Å². The van der Waals surface area contributed by atoms with E-state index in [-0.39, 0.29) is 11.8 Å². The molecule has 3 nitrogen and oxygen atoms in total. The molecule has 0 saturated carbocycles. The fourth-order valence-corrected chi connectivity index (χ4v) is 2.94. The molecule has 108 valence electrons. The molecule has 0 unspecified atom stereocenters. The van der Waals surface area contributed by atoms with Gasteiger partial charge in [0, 0.05) is 5.56 Å². The van der Waals surface area contributed by atoms with Crippen LogP contribution in [0.15, 0.2) is 54.6 Å². The number of para-hydroxylation sites is 1. The van der Waals surface area contributed by atoms with Crippen molar-refractivity contribution in [3.8, 4) is 0 Å². The first kappa shape index (κ1) is 13.8. The molecule has 1 N–H and O–H groups in total. The lowest BCUT2D eigenvalue weighted by Crippen LogP contribution is -2.43. The van der Waals surface area contributed by atoms with Crippen molar-refractivity contribution in [1.82, 2.24) is 0 Å². The van der Waals surface area contributed by atoms with Crippen LogP contribution in [0.5, 0.6) is 0 Å². The Morgan fingerprint density at radius 3 is 2.33 bits per heavy atom. The van der Waals surface area contributed by atoms with E-state index in [1.165, 1.54) is 0 Å². The number of fused-ring (bicyclic) bond motifs is 1. The normalized spacial score (nSPS) is 21.0. The molecule has 1 heterocycles. The van der Waals surface area contributed by atoms with Crippen LogP contribution in [0.2, 0.25) is 0 Å². The summed E-state index contributed by atoms with van der Waals surface area (Å²) in [5, 5.41) is 10.9. The number of nitrogens with zero attached hydrogens (tertiary/aromatic N) is 1. The van der Waals surface area contributed by atoms with Gasteiger partial charge >= 0.3 is 0 Å². The van der Waals surface area contributed by atoms with Gasteiger partial charge in [0.2, 0.25) is 0 Å². The Labute approximate surface area is 124 Å². The first-order chi connectivity index (χ1) is 10.0. The standard InChI is InChI=1S/C18H19NO2/c1-13(2)18(21)15-10-6-7-11-16(15)19(17(18)20)12-14-8-4-3-5-9-14/h3-11,13,21H,12H2,1-2H3/t18-/m0/s1. The van der Waals surface area contributed by atoms with E-state index in [1.54, 1.807) is 4.90 Å². The first-order valence-electron chi connectivity index (χ1n) is 7.23. The van der Waals surface area contributed by atoms with Crippen LogP contribution in [0.25, 0.3) is 0 Å². The van der Waals surface area contributed by atoms with Gasteiger partial charge in [0.25, 0.3) is 5.91 Å². The van der Waals surface area contributed by atoms with Crippen LogP contribution in [0, 0.1) is 5.92 Å². The first-order valence-corrected chi connectivity index (χ1v) is 7.23. The summed E-state index contributed by atoms with van der Waals surface area (Å²) in [5.41, 5.74) is 1.14. The molecule has 0 fully saturated rings. The molecule has 3 heteroatoms. The summed E-state index contributed by atoms with van der Waals surface area (Å²) >= 11 is 0. The number of amides is 1. The lowest BCUT2D eigenvalue weighted by Gasteiger charge is -2.26. The highest BCUT2D eigenvalue weighted by atomic mass is 16.3. The molecule has 21 heavy (non-hydrogen) atoms. The number of anilines is 1. The molecule has 0 spiro atoms. The highest BCUT2D eigenvalue weighted by molar-refractivity contribution is 6.06. The number of hydrogen-bond acceptors (Lipinski definition) is 2. The molecule has 0 aromatic heterocycles. The maximum Gasteiger partial charge on any atom is 0.264 e. The van der Waals surface area contributed by atoms with Crippen molar-refractivity contribution in [3.05, 3.63) is 65.7 Å². The summed E-state index contributed by atoms with van der Waals surface area (Å²) in [5.74, 6) is -0.408. The van der Waals surface area contributed by atoms with E-state index >= 15 is 0 Å². The quantitative estimate of drug-likeness (QED) is 0.939. The molecule has 0 aliphatic carbocycles. The van der Waals surface area contributed by atoms with Gasteiger partial charge < -0.3 is 10.0 Å². The Bertz CT molecular complexity index is 666. The number of rotatable bonds is 3. The van der Waals surface area contributed by atoms with Crippen molar-refractivity contribution in [2.24, 2.45) is 5.92 Å². The summed E-state index contributed by atoms with van der Waals surface area (Å²) in [6, 6.07) is 17.3. The maximum atomic E-state index is 12.8. The summed E-state index contributed by atoms with van der Waals surface area (Å²) < 4.78 is 0. The third-order valence-corrected chi connectivity index (χ3v) is 4.20. The van der Waals surface area contributed by atoms with Crippen LogP contribution >= 0.6 is 0 Å². The summed E-state index contributed by atoms with van der Waals surface area (Å²) in [6.45, 7) is 4.23. The average molecular weight is 281 g/mol. The summed E-state index contributed by atoms with van der Waals surface area (Å²) in [6.07, 6.45) is 0. The smallest absolute Gasteiger partial charge is 0.264 e. The Morgan fingerprint density at radius 1 is 1.05 bits per heavy atom. The van der Waals surface area contributed by atoms with Gasteiger partial charge in [-0.05, 0) is 17.5 Å². The molecule has 2 aromatic carbocycles. The van der Waals surface area contributed by atoms with Gasteiger partial charge in [-0.2, -0.15) is 0 Å². The summed E-state index contributed by atoms with van der Waals surface area (Å²) in [4.78, 5) is 14.5. The maximum absolute atomic E-state index is 12.8. The van der Waals surface area contributed by atoms with Crippen LogP contribution in [0.3, 0.4) is 0 Å². The van der Waals surface area contributed by atoms with Crippen LogP contribution in [-0.2, 0) is 16.9 Å². The number of carbonyl (C=O) groups excluding carboxylic acids is 1. The van der Waals surface area contributed by atoms with Gasteiger partial charge in [0.15, 0.2) is 5.60 Å². The molecule has 0 radical (unpaired) electrons. The predicted octanol–water partition coefficient (Wildman–Crippen LogP) is 3.08. The molecule has 1 atom stereocenters. The van der Waals surface area contributed by atoms with Crippen LogP contribution < -0.4 is 4.90 Å². The third-order valence-electron chi connectivity index (χ3n) is 4.20. The zero-order valence-corrected chi connectivity index (χ0v) is 12.3. The molecule has 3 rings (SSSR count). The molecule has 0 saturated heterocycles. The van der Waals surface area contributed by atoms with Gasteiger partial charge in [-0.1, -0.05) is 62.4 Å². The minimum atomic E-state index is -1.43. The summed E-state index contributed by atoms with van der Waals surface area (Å²) in [7, 11) is 0. The van der Waals surface area contributed by atoms with Gasteiger partial charge in [0.1, 0.15) is 0 Å². The van der Waals surface area contributed by atoms with Crippen LogP contribution in [0.4, 0.5) is 5.69 Å². The second-order valence-electron chi connectivity index (χ2n) is 5.82. The molecule has 1 amide bonds. The molecule has 2 aromatic rings. The topological polar surface area (TPSA) is 40.5 Å². The van der Waals surface area contributed by atoms with Gasteiger partial charge in [0.05, 0.1) is 12.2 Å².